The molecule has 0 bridgehead atoms. The lowest BCUT2D eigenvalue weighted by Gasteiger charge is -2.24. The van der Waals surface area contributed by atoms with Gasteiger partial charge < -0.3 is 9.47 Å². The van der Waals surface area contributed by atoms with Crippen LogP contribution in [0.1, 0.15) is 27.2 Å². The third-order valence-corrected chi connectivity index (χ3v) is 2.74. The fraction of sp³-hybridized carbons (Fsp3) is 1.00. The lowest BCUT2D eigenvalue weighted by Crippen LogP contribution is -2.32. The quantitative estimate of drug-likeness (QED) is 0.681. The Hall–Kier alpha value is -0.170. The molecule has 0 aliphatic carbocycles. The van der Waals surface area contributed by atoms with Gasteiger partial charge in [0.05, 0.1) is 25.1 Å². The standard InChI is InChI=1S/C9H18O5S/c1-8(2)12-7-9(3,14-8)5-6-13-15(4,10)11/h5-7H2,1-4H3. The summed E-state index contributed by atoms with van der Waals surface area (Å²) in [4.78, 5) is 0. The van der Waals surface area contributed by atoms with Crippen LogP contribution < -0.4 is 0 Å². The lowest BCUT2D eigenvalue weighted by molar-refractivity contribution is -0.159. The van der Waals surface area contributed by atoms with E-state index in [4.69, 9.17) is 9.47 Å². The van der Waals surface area contributed by atoms with Crippen LogP contribution in [0.3, 0.4) is 0 Å². The molecule has 0 N–H and O–H groups in total. The summed E-state index contributed by atoms with van der Waals surface area (Å²) in [6, 6.07) is 0. The first-order valence-electron chi connectivity index (χ1n) is 4.81. The van der Waals surface area contributed by atoms with E-state index in [1.165, 1.54) is 0 Å². The molecule has 1 saturated heterocycles. The number of rotatable bonds is 4. The van der Waals surface area contributed by atoms with Crippen LogP contribution in [-0.2, 0) is 23.8 Å². The highest BCUT2D eigenvalue weighted by Gasteiger charge is 2.41. The molecule has 1 atom stereocenters. The molecule has 1 unspecified atom stereocenters. The average molecular weight is 238 g/mol. The van der Waals surface area contributed by atoms with E-state index >= 15 is 0 Å². The van der Waals surface area contributed by atoms with E-state index in [-0.39, 0.29) is 6.61 Å². The molecule has 0 radical (unpaired) electrons. The third kappa shape index (κ3) is 4.46. The van der Waals surface area contributed by atoms with Crippen LogP contribution in [0.4, 0.5) is 0 Å². The van der Waals surface area contributed by atoms with Gasteiger partial charge in [0.15, 0.2) is 5.79 Å². The first-order valence-corrected chi connectivity index (χ1v) is 6.62. The molecule has 1 rings (SSSR count). The van der Waals surface area contributed by atoms with Gasteiger partial charge >= 0.3 is 0 Å². The predicted molar refractivity (Wildman–Crippen MR) is 54.9 cm³/mol. The van der Waals surface area contributed by atoms with Gasteiger partial charge in [0.2, 0.25) is 0 Å². The first-order chi connectivity index (χ1) is 6.62. The molecule has 1 fully saturated rings. The zero-order chi connectivity index (χ0) is 11.7. The summed E-state index contributed by atoms with van der Waals surface area (Å²) in [5.41, 5.74) is -0.464. The Kier molecular flexibility index (Phi) is 3.45. The SMILES string of the molecule is CC1(CCOS(C)(=O)=O)COC(C)(C)O1. The van der Waals surface area contributed by atoms with Crippen molar-refractivity contribution in [2.75, 3.05) is 19.5 Å². The van der Waals surface area contributed by atoms with Gasteiger partial charge in [-0.2, -0.15) is 8.42 Å². The lowest BCUT2D eigenvalue weighted by atomic mass is 10.1. The van der Waals surface area contributed by atoms with Crippen LogP contribution in [0.5, 0.6) is 0 Å². The summed E-state index contributed by atoms with van der Waals surface area (Å²) in [6.07, 6.45) is 1.52. The maximum absolute atomic E-state index is 10.7. The summed E-state index contributed by atoms with van der Waals surface area (Å²) < 4.78 is 37.2. The van der Waals surface area contributed by atoms with Crippen LogP contribution in [0.2, 0.25) is 0 Å². The molecule has 6 heteroatoms. The zero-order valence-corrected chi connectivity index (χ0v) is 10.4. The van der Waals surface area contributed by atoms with Crippen molar-refractivity contribution in [3.8, 4) is 0 Å². The van der Waals surface area contributed by atoms with E-state index in [1.807, 2.05) is 20.8 Å². The van der Waals surface area contributed by atoms with Crippen molar-refractivity contribution in [3.63, 3.8) is 0 Å². The number of ether oxygens (including phenoxy) is 2. The van der Waals surface area contributed by atoms with Crippen LogP contribution >= 0.6 is 0 Å². The molecule has 1 heterocycles. The van der Waals surface area contributed by atoms with Crippen molar-refractivity contribution in [3.05, 3.63) is 0 Å². The molecule has 15 heavy (non-hydrogen) atoms. The van der Waals surface area contributed by atoms with E-state index in [1.54, 1.807) is 0 Å². The average Bonchev–Trinajstić information content (AvgIpc) is 2.23. The van der Waals surface area contributed by atoms with E-state index in [0.717, 1.165) is 6.26 Å². The van der Waals surface area contributed by atoms with Gasteiger partial charge in [-0.25, -0.2) is 0 Å². The molecule has 0 aromatic rings. The van der Waals surface area contributed by atoms with Crippen LogP contribution in [-0.4, -0.2) is 39.3 Å². The normalized spacial score (nSPS) is 30.7. The first kappa shape index (κ1) is 12.9. The van der Waals surface area contributed by atoms with E-state index in [0.29, 0.717) is 13.0 Å². The summed E-state index contributed by atoms with van der Waals surface area (Å²) in [5, 5.41) is 0. The largest absolute Gasteiger partial charge is 0.348 e. The molecule has 0 saturated carbocycles. The third-order valence-electron chi connectivity index (χ3n) is 2.15. The topological polar surface area (TPSA) is 61.8 Å². The fourth-order valence-corrected chi connectivity index (χ4v) is 1.90. The second-order valence-electron chi connectivity index (χ2n) is 4.52. The van der Waals surface area contributed by atoms with Crippen LogP contribution in [0, 0.1) is 0 Å². The van der Waals surface area contributed by atoms with Gasteiger partial charge in [0.1, 0.15) is 0 Å². The Morgan fingerprint density at radius 2 is 1.93 bits per heavy atom. The minimum atomic E-state index is -3.37. The maximum Gasteiger partial charge on any atom is 0.264 e. The van der Waals surface area contributed by atoms with Crippen molar-refractivity contribution in [2.45, 2.75) is 38.6 Å². The van der Waals surface area contributed by atoms with Gasteiger partial charge in [-0.05, 0) is 20.8 Å². The molecule has 0 aromatic heterocycles. The van der Waals surface area contributed by atoms with Gasteiger partial charge in [-0.15, -0.1) is 0 Å². The molecular formula is C9H18O5S. The molecule has 5 nitrogen and oxygen atoms in total. The molecule has 0 aromatic carbocycles. The Morgan fingerprint density at radius 1 is 1.33 bits per heavy atom. The van der Waals surface area contributed by atoms with Gasteiger partial charge in [0, 0.05) is 6.42 Å². The molecule has 0 amide bonds. The molecule has 1 aliphatic rings. The number of hydrogen-bond donors (Lipinski definition) is 0. The van der Waals surface area contributed by atoms with Crippen molar-refractivity contribution < 1.29 is 22.1 Å². The highest BCUT2D eigenvalue weighted by atomic mass is 32.2. The minimum absolute atomic E-state index is 0.120. The van der Waals surface area contributed by atoms with Gasteiger partial charge in [-0.1, -0.05) is 0 Å². The molecule has 90 valence electrons. The van der Waals surface area contributed by atoms with Gasteiger partial charge in [0.25, 0.3) is 10.1 Å². The summed E-state index contributed by atoms with van der Waals surface area (Å²) in [5.74, 6) is -0.597. The smallest absolute Gasteiger partial charge is 0.264 e. The number of hydrogen-bond acceptors (Lipinski definition) is 5. The van der Waals surface area contributed by atoms with E-state index < -0.39 is 21.5 Å². The second-order valence-corrected chi connectivity index (χ2v) is 6.16. The Morgan fingerprint density at radius 3 is 2.33 bits per heavy atom. The Balaban J connectivity index is 2.40. The fourth-order valence-electron chi connectivity index (χ4n) is 1.51. The maximum atomic E-state index is 10.7. The minimum Gasteiger partial charge on any atom is -0.348 e. The highest BCUT2D eigenvalue weighted by molar-refractivity contribution is 7.85. The summed E-state index contributed by atoms with van der Waals surface area (Å²) in [7, 11) is -3.37. The highest BCUT2D eigenvalue weighted by Crippen LogP contribution is 2.32. The van der Waals surface area contributed by atoms with Crippen molar-refractivity contribution >= 4 is 10.1 Å². The monoisotopic (exact) mass is 238 g/mol. The second kappa shape index (κ2) is 4.01. The van der Waals surface area contributed by atoms with Crippen LogP contribution in [0.25, 0.3) is 0 Å². The van der Waals surface area contributed by atoms with E-state index in [2.05, 4.69) is 4.18 Å². The Labute approximate surface area is 90.8 Å². The van der Waals surface area contributed by atoms with Crippen molar-refractivity contribution in [2.24, 2.45) is 0 Å². The van der Waals surface area contributed by atoms with Crippen molar-refractivity contribution in [1.29, 1.82) is 0 Å². The molecule has 0 spiro atoms. The van der Waals surface area contributed by atoms with E-state index in [9.17, 15) is 8.42 Å². The Bertz CT molecular complexity index is 321. The van der Waals surface area contributed by atoms with Crippen molar-refractivity contribution in [1.82, 2.24) is 0 Å². The molecular weight excluding hydrogens is 220 g/mol. The van der Waals surface area contributed by atoms with Gasteiger partial charge in [-0.3, -0.25) is 4.18 Å². The molecule has 1 aliphatic heterocycles. The summed E-state index contributed by atoms with van der Waals surface area (Å²) in [6.45, 7) is 6.11. The zero-order valence-electron chi connectivity index (χ0n) is 9.57. The van der Waals surface area contributed by atoms with Crippen LogP contribution in [0.15, 0.2) is 0 Å². The summed E-state index contributed by atoms with van der Waals surface area (Å²) >= 11 is 0. The predicted octanol–water partition coefficient (Wildman–Crippen LogP) is 0.894.